The molecule has 3 rings (SSSR count). The van der Waals surface area contributed by atoms with Crippen molar-refractivity contribution in [3.63, 3.8) is 0 Å². The summed E-state index contributed by atoms with van der Waals surface area (Å²) in [4.78, 5) is 23.5. The molecule has 2 aromatic rings. The Balaban J connectivity index is 2.02. The van der Waals surface area contributed by atoms with Gasteiger partial charge in [-0.3, -0.25) is 9.36 Å². The summed E-state index contributed by atoms with van der Waals surface area (Å²) in [6.45, 7) is 3.49. The lowest BCUT2D eigenvalue weighted by Gasteiger charge is -2.32. The Morgan fingerprint density at radius 1 is 1.48 bits per heavy atom. The van der Waals surface area contributed by atoms with Crippen LogP contribution in [0.4, 0.5) is 5.95 Å². The third-order valence-electron chi connectivity index (χ3n) is 3.92. The maximum Gasteiger partial charge on any atom is 0.356 e. The summed E-state index contributed by atoms with van der Waals surface area (Å²) in [6, 6.07) is 0. The monoisotopic (exact) mass is 403 g/mol. The molecular weight excluding hydrogens is 381 g/mol. The highest BCUT2D eigenvalue weighted by Crippen LogP contribution is 2.50. The van der Waals surface area contributed by atoms with Crippen LogP contribution in [0.1, 0.15) is 20.3 Å². The number of H-pyrrole nitrogens is 1. The first-order valence-electron chi connectivity index (χ1n) is 8.40. The first-order valence-corrected chi connectivity index (χ1v) is 10.1. The summed E-state index contributed by atoms with van der Waals surface area (Å²) in [5.41, 5.74) is 5.56. The van der Waals surface area contributed by atoms with E-state index in [1.54, 1.807) is 13.8 Å². The van der Waals surface area contributed by atoms with Crippen LogP contribution in [0.5, 0.6) is 0 Å². The predicted octanol–water partition coefficient (Wildman–Crippen LogP) is 0.333. The Morgan fingerprint density at radius 2 is 2.19 bits per heavy atom. The molecule has 1 aliphatic rings. The fraction of sp³-hybridized carbons (Fsp3) is 0.643. The van der Waals surface area contributed by atoms with Gasteiger partial charge in [0.25, 0.3) is 11.5 Å². The van der Waals surface area contributed by atoms with Crippen molar-refractivity contribution >= 4 is 24.7 Å². The smallest absolute Gasteiger partial charge is 0.356 e. The van der Waals surface area contributed by atoms with Crippen molar-refractivity contribution in [2.24, 2.45) is 0 Å². The lowest BCUT2D eigenvalue weighted by molar-refractivity contribution is -0.262. The van der Waals surface area contributed by atoms with Gasteiger partial charge >= 0.3 is 7.60 Å². The van der Waals surface area contributed by atoms with E-state index in [0.29, 0.717) is 0 Å². The van der Waals surface area contributed by atoms with Crippen molar-refractivity contribution in [1.29, 1.82) is 0 Å². The first kappa shape index (κ1) is 19.9. The van der Waals surface area contributed by atoms with Crippen molar-refractivity contribution < 1.29 is 28.2 Å². The normalized spacial score (nSPS) is 23.3. The SMILES string of the molecule is CCOP(=O)(CO[C@]1(n2c(N)nc3nc[nH]c3c2=O)C[C@H](O)CO1)OCC. The fourth-order valence-corrected chi connectivity index (χ4v) is 4.25. The fourth-order valence-electron chi connectivity index (χ4n) is 2.88. The molecule has 150 valence electrons. The zero-order chi connectivity index (χ0) is 19.7. The lowest BCUT2D eigenvalue weighted by Crippen LogP contribution is -2.45. The van der Waals surface area contributed by atoms with Crippen molar-refractivity contribution in [1.82, 2.24) is 19.5 Å². The number of nitrogens with two attached hydrogens (primary N) is 1. The van der Waals surface area contributed by atoms with Crippen LogP contribution >= 0.6 is 7.60 Å². The van der Waals surface area contributed by atoms with Crippen LogP contribution in [0.2, 0.25) is 0 Å². The van der Waals surface area contributed by atoms with E-state index in [-0.39, 0.29) is 43.4 Å². The van der Waals surface area contributed by atoms with Gasteiger partial charge in [-0.1, -0.05) is 0 Å². The number of nitrogen functional groups attached to an aromatic ring is 1. The van der Waals surface area contributed by atoms with E-state index >= 15 is 0 Å². The molecule has 27 heavy (non-hydrogen) atoms. The minimum absolute atomic E-state index is 0.0926. The number of aliphatic hydroxyl groups excluding tert-OH is 1. The highest BCUT2D eigenvalue weighted by Gasteiger charge is 2.47. The first-order chi connectivity index (χ1) is 12.8. The van der Waals surface area contributed by atoms with Crippen LogP contribution in [0, 0.1) is 0 Å². The molecule has 0 amide bonds. The number of rotatable bonds is 8. The standard InChI is InChI=1S/C14H22N5O7P/c1-3-25-27(22,26-4-2)8-24-14(5-9(20)6-23-14)19-12(21)10-11(17-7-16-10)18-13(19)15/h7,9,20H,3-6,8H2,1-2H3,(H2,15,18)(H,16,17)/t9-,14-/m0/s1. The molecule has 2 aromatic heterocycles. The van der Waals surface area contributed by atoms with Gasteiger partial charge in [0.2, 0.25) is 5.95 Å². The minimum Gasteiger partial charge on any atom is -0.390 e. The summed E-state index contributed by atoms with van der Waals surface area (Å²) in [7, 11) is -3.60. The van der Waals surface area contributed by atoms with Crippen LogP contribution in [-0.4, -0.2) is 56.9 Å². The second-order valence-electron chi connectivity index (χ2n) is 5.81. The van der Waals surface area contributed by atoms with Gasteiger partial charge in [0.15, 0.2) is 17.5 Å². The Morgan fingerprint density at radius 3 is 2.78 bits per heavy atom. The number of aliphatic hydroxyl groups is 1. The zero-order valence-corrected chi connectivity index (χ0v) is 15.8. The molecule has 0 saturated carbocycles. The van der Waals surface area contributed by atoms with E-state index in [2.05, 4.69) is 15.0 Å². The van der Waals surface area contributed by atoms with Crippen molar-refractivity contribution in [3.8, 4) is 0 Å². The molecule has 3 heterocycles. The zero-order valence-electron chi connectivity index (χ0n) is 15.0. The summed E-state index contributed by atoms with van der Waals surface area (Å²) in [6.07, 6.45) is -0.253. The Hall–Kier alpha value is -1.82. The van der Waals surface area contributed by atoms with Gasteiger partial charge in [-0.2, -0.15) is 4.98 Å². The summed E-state index contributed by atoms with van der Waals surface area (Å²) < 4.78 is 35.4. The quantitative estimate of drug-likeness (QED) is 0.523. The minimum atomic E-state index is -3.60. The number of nitrogens with zero attached hydrogens (tertiary/aromatic N) is 3. The van der Waals surface area contributed by atoms with E-state index in [1.807, 2.05) is 0 Å². The van der Waals surface area contributed by atoms with E-state index in [0.717, 1.165) is 4.57 Å². The predicted molar refractivity (Wildman–Crippen MR) is 93.9 cm³/mol. The second kappa shape index (κ2) is 7.66. The van der Waals surface area contributed by atoms with Gasteiger partial charge in [-0.05, 0) is 13.8 Å². The molecular formula is C14H22N5O7P. The van der Waals surface area contributed by atoms with Gasteiger partial charge in [-0.15, -0.1) is 0 Å². The maximum absolute atomic E-state index is 12.9. The van der Waals surface area contributed by atoms with Crippen LogP contribution in [0.3, 0.4) is 0 Å². The number of ether oxygens (including phenoxy) is 2. The number of imidazole rings is 1. The van der Waals surface area contributed by atoms with Crippen LogP contribution < -0.4 is 11.3 Å². The molecule has 0 aliphatic carbocycles. The Kier molecular flexibility index (Phi) is 5.65. The van der Waals surface area contributed by atoms with E-state index in [1.165, 1.54) is 6.33 Å². The molecule has 1 aliphatic heterocycles. The largest absolute Gasteiger partial charge is 0.390 e. The molecule has 12 nitrogen and oxygen atoms in total. The number of fused-ring (bicyclic) bond motifs is 1. The lowest BCUT2D eigenvalue weighted by atomic mass is 10.2. The number of hydrogen-bond acceptors (Lipinski definition) is 10. The van der Waals surface area contributed by atoms with E-state index < -0.39 is 31.5 Å². The van der Waals surface area contributed by atoms with Gasteiger partial charge in [-0.25, -0.2) is 9.55 Å². The Labute approximate surface area is 154 Å². The number of aromatic amines is 1. The average Bonchev–Trinajstić information content (AvgIpc) is 3.21. The molecule has 4 N–H and O–H groups in total. The molecule has 0 unspecified atom stereocenters. The Bertz CT molecular complexity index is 905. The average molecular weight is 403 g/mol. The van der Waals surface area contributed by atoms with Crippen LogP contribution in [0.15, 0.2) is 11.1 Å². The topological polar surface area (TPSA) is 164 Å². The molecule has 0 radical (unpaired) electrons. The molecule has 1 fully saturated rings. The van der Waals surface area contributed by atoms with Gasteiger partial charge in [0.1, 0.15) is 0 Å². The third-order valence-corrected chi connectivity index (χ3v) is 5.67. The van der Waals surface area contributed by atoms with Crippen molar-refractivity contribution in [2.75, 3.05) is 31.9 Å². The van der Waals surface area contributed by atoms with Crippen molar-refractivity contribution in [3.05, 3.63) is 16.7 Å². The number of hydrogen-bond donors (Lipinski definition) is 3. The van der Waals surface area contributed by atoms with Crippen molar-refractivity contribution in [2.45, 2.75) is 32.3 Å². The molecule has 13 heteroatoms. The van der Waals surface area contributed by atoms with Gasteiger partial charge < -0.3 is 34.3 Å². The molecule has 1 saturated heterocycles. The van der Waals surface area contributed by atoms with Gasteiger partial charge in [0.05, 0.1) is 38.7 Å². The van der Waals surface area contributed by atoms with E-state index in [9.17, 15) is 14.5 Å². The summed E-state index contributed by atoms with van der Waals surface area (Å²) in [5, 5.41) is 9.98. The molecule has 2 atom stereocenters. The highest BCUT2D eigenvalue weighted by molar-refractivity contribution is 7.53. The number of nitrogens with one attached hydrogen (secondary N) is 1. The maximum atomic E-state index is 12.9. The van der Waals surface area contributed by atoms with E-state index in [4.69, 9.17) is 24.3 Å². The summed E-state index contributed by atoms with van der Waals surface area (Å²) >= 11 is 0. The number of anilines is 1. The molecule has 0 bridgehead atoms. The second-order valence-corrected chi connectivity index (χ2v) is 7.81. The van der Waals surface area contributed by atoms with Gasteiger partial charge in [0, 0.05) is 0 Å². The van der Waals surface area contributed by atoms with Crippen LogP contribution in [0.25, 0.3) is 11.2 Å². The number of aromatic nitrogens is 4. The molecule has 0 spiro atoms. The van der Waals surface area contributed by atoms with Crippen LogP contribution in [-0.2, 0) is 29.0 Å². The highest BCUT2D eigenvalue weighted by atomic mass is 31.2. The molecule has 0 aromatic carbocycles. The summed E-state index contributed by atoms with van der Waals surface area (Å²) in [5.74, 6) is -2.03. The third kappa shape index (κ3) is 3.77.